The number of hydrogen-bond donors (Lipinski definition) is 2. The monoisotopic (exact) mass is 402 g/mol. The Morgan fingerprint density at radius 2 is 1.86 bits per heavy atom. The number of H-pyrrole nitrogens is 1. The lowest BCUT2D eigenvalue weighted by Crippen LogP contribution is -2.34. The van der Waals surface area contributed by atoms with Crippen LogP contribution >= 0.6 is 0 Å². The lowest BCUT2D eigenvalue weighted by Gasteiger charge is -2.16. The first-order chi connectivity index (χ1) is 13.5. The van der Waals surface area contributed by atoms with Crippen molar-refractivity contribution in [2.45, 2.75) is 29.3 Å². The lowest BCUT2D eigenvalue weighted by atomic mass is 10.1. The molecule has 0 amide bonds. The molecule has 2 N–H and O–H groups in total. The molecule has 9 heteroatoms. The van der Waals surface area contributed by atoms with Crippen molar-refractivity contribution in [3.8, 4) is 11.4 Å². The topological polar surface area (TPSA) is 111 Å². The number of rotatable bonds is 4. The predicted octanol–water partition coefficient (Wildman–Crippen LogP) is 1.46. The fourth-order valence-electron chi connectivity index (χ4n) is 3.62. The Kier molecular flexibility index (Phi) is 4.22. The molecule has 3 aromatic rings. The van der Waals surface area contributed by atoms with E-state index in [-0.39, 0.29) is 18.1 Å². The molecule has 0 bridgehead atoms. The van der Waals surface area contributed by atoms with Crippen LogP contribution in [0.3, 0.4) is 0 Å². The third-order valence-electron chi connectivity index (χ3n) is 5.02. The summed E-state index contributed by atoms with van der Waals surface area (Å²) >= 11 is 0. The molecule has 0 radical (unpaired) electrons. The van der Waals surface area contributed by atoms with Crippen molar-refractivity contribution < 1.29 is 27.2 Å². The second kappa shape index (κ2) is 6.64. The van der Waals surface area contributed by atoms with Crippen LogP contribution < -0.4 is 0 Å². The molecule has 28 heavy (non-hydrogen) atoms. The Morgan fingerprint density at radius 3 is 2.68 bits per heavy atom. The van der Waals surface area contributed by atoms with Crippen molar-refractivity contribution >= 4 is 21.2 Å². The van der Waals surface area contributed by atoms with E-state index in [1.54, 1.807) is 6.07 Å². The zero-order valence-corrected chi connectivity index (χ0v) is 15.5. The molecule has 4 unspecified atom stereocenters. The molecule has 0 spiro atoms. The molecule has 1 aromatic heterocycles. The molecule has 0 saturated carbocycles. The highest BCUT2D eigenvalue weighted by Crippen LogP contribution is 2.31. The number of aliphatic hydroxyl groups is 1. The number of aromatic nitrogens is 2. The fraction of sp³-hybridized carbons (Fsp3) is 0.316. The van der Waals surface area contributed by atoms with Crippen LogP contribution in [0.25, 0.3) is 22.4 Å². The number of benzene rings is 2. The molecule has 2 aliphatic rings. The first kappa shape index (κ1) is 17.8. The normalized spacial score (nSPS) is 27.3. The van der Waals surface area contributed by atoms with Gasteiger partial charge in [0.05, 0.1) is 29.1 Å². The van der Waals surface area contributed by atoms with Gasteiger partial charge in [-0.15, -0.1) is 0 Å². The van der Waals surface area contributed by atoms with Crippen LogP contribution in [-0.2, 0) is 23.8 Å². The molecule has 5 rings (SSSR count). The smallest absolute Gasteiger partial charge is 0.297 e. The molecule has 2 aliphatic heterocycles. The van der Waals surface area contributed by atoms with Gasteiger partial charge in [0.25, 0.3) is 10.1 Å². The highest BCUT2D eigenvalue weighted by atomic mass is 32.2. The molecule has 3 heterocycles. The highest BCUT2D eigenvalue weighted by Gasteiger charge is 2.49. The van der Waals surface area contributed by atoms with E-state index in [0.29, 0.717) is 16.9 Å². The second-order valence-electron chi connectivity index (χ2n) is 6.88. The van der Waals surface area contributed by atoms with E-state index in [4.69, 9.17) is 13.7 Å². The zero-order valence-electron chi connectivity index (χ0n) is 14.7. The van der Waals surface area contributed by atoms with E-state index >= 15 is 0 Å². The summed E-state index contributed by atoms with van der Waals surface area (Å²) in [4.78, 5) is 7.67. The van der Waals surface area contributed by atoms with Crippen molar-refractivity contribution in [3.05, 3.63) is 48.5 Å². The average molecular weight is 402 g/mol. The van der Waals surface area contributed by atoms with Gasteiger partial charge in [0.15, 0.2) is 0 Å². The van der Waals surface area contributed by atoms with Gasteiger partial charge in [-0.1, -0.05) is 30.3 Å². The Hall–Kier alpha value is -2.30. The van der Waals surface area contributed by atoms with Gasteiger partial charge in [0.1, 0.15) is 30.2 Å². The van der Waals surface area contributed by atoms with Crippen LogP contribution in [-0.4, -0.2) is 61.1 Å². The summed E-state index contributed by atoms with van der Waals surface area (Å²) in [5.41, 5.74) is 2.16. The van der Waals surface area contributed by atoms with Gasteiger partial charge < -0.3 is 19.6 Å². The lowest BCUT2D eigenvalue weighted by molar-refractivity contribution is 0.00979. The second-order valence-corrected chi connectivity index (χ2v) is 8.45. The predicted molar refractivity (Wildman–Crippen MR) is 99.1 cm³/mol. The molecule has 2 saturated heterocycles. The molecule has 2 fully saturated rings. The summed E-state index contributed by atoms with van der Waals surface area (Å²) in [7, 11) is -4.04. The summed E-state index contributed by atoms with van der Waals surface area (Å²) in [6.45, 7) is 0.160. The van der Waals surface area contributed by atoms with E-state index < -0.39 is 34.5 Å². The minimum absolute atomic E-state index is 0.0188. The Labute approximate surface area is 161 Å². The minimum atomic E-state index is -4.04. The van der Waals surface area contributed by atoms with Crippen LogP contribution in [0.15, 0.2) is 53.4 Å². The van der Waals surface area contributed by atoms with Crippen LogP contribution in [0.1, 0.15) is 0 Å². The van der Waals surface area contributed by atoms with Gasteiger partial charge >= 0.3 is 0 Å². The van der Waals surface area contributed by atoms with Crippen LogP contribution in [0.5, 0.6) is 0 Å². The number of nitrogens with zero attached hydrogens (tertiary/aromatic N) is 1. The van der Waals surface area contributed by atoms with Gasteiger partial charge in [0, 0.05) is 5.56 Å². The first-order valence-electron chi connectivity index (χ1n) is 8.91. The van der Waals surface area contributed by atoms with Crippen molar-refractivity contribution in [2.24, 2.45) is 0 Å². The number of hydrogen-bond acceptors (Lipinski definition) is 7. The van der Waals surface area contributed by atoms with Crippen molar-refractivity contribution in [1.82, 2.24) is 9.97 Å². The van der Waals surface area contributed by atoms with Gasteiger partial charge in [0.2, 0.25) is 0 Å². The summed E-state index contributed by atoms with van der Waals surface area (Å²) in [5.74, 6) is 0.659. The quantitative estimate of drug-likeness (QED) is 0.636. The Bertz CT molecular complexity index is 1110. The molecule has 146 valence electrons. The van der Waals surface area contributed by atoms with E-state index in [0.717, 1.165) is 5.56 Å². The standard InChI is InChI=1S/C19H18N2O6S/c22-15-9-25-18-16(10-26-17(15)18)27-28(23,24)12-6-7-13-14(8-12)21-19(20-13)11-4-2-1-3-5-11/h1-8,15-18,22H,9-10H2,(H,20,21). The molecule has 4 atom stereocenters. The van der Waals surface area contributed by atoms with E-state index in [9.17, 15) is 13.5 Å². The number of nitrogens with one attached hydrogen (secondary N) is 1. The molecule has 8 nitrogen and oxygen atoms in total. The average Bonchev–Trinajstić information content (AvgIpc) is 3.39. The molecule has 0 aliphatic carbocycles. The van der Waals surface area contributed by atoms with Gasteiger partial charge in [-0.25, -0.2) is 4.98 Å². The summed E-state index contributed by atoms with van der Waals surface area (Å²) in [5, 5.41) is 9.78. The third-order valence-corrected chi connectivity index (χ3v) is 6.35. The van der Waals surface area contributed by atoms with Gasteiger partial charge in [-0.2, -0.15) is 8.42 Å². The fourth-order valence-corrected chi connectivity index (χ4v) is 4.72. The van der Waals surface area contributed by atoms with E-state index in [2.05, 4.69) is 9.97 Å². The molecule has 2 aromatic carbocycles. The molecular formula is C19H18N2O6S. The van der Waals surface area contributed by atoms with Crippen molar-refractivity contribution in [2.75, 3.05) is 13.2 Å². The maximum absolute atomic E-state index is 12.7. The number of imidazole rings is 1. The first-order valence-corrected chi connectivity index (χ1v) is 10.3. The van der Waals surface area contributed by atoms with Gasteiger partial charge in [-0.3, -0.25) is 4.18 Å². The number of ether oxygens (including phenoxy) is 2. The maximum atomic E-state index is 12.7. The van der Waals surface area contributed by atoms with Crippen LogP contribution in [0.4, 0.5) is 0 Å². The van der Waals surface area contributed by atoms with Gasteiger partial charge in [-0.05, 0) is 18.2 Å². The Balaban J connectivity index is 1.42. The molecular weight excluding hydrogens is 384 g/mol. The number of aromatic amines is 1. The van der Waals surface area contributed by atoms with Crippen molar-refractivity contribution in [3.63, 3.8) is 0 Å². The van der Waals surface area contributed by atoms with E-state index in [1.807, 2.05) is 30.3 Å². The summed E-state index contributed by atoms with van der Waals surface area (Å²) < 4.78 is 41.7. The number of fused-ring (bicyclic) bond motifs is 2. The van der Waals surface area contributed by atoms with Crippen molar-refractivity contribution in [1.29, 1.82) is 0 Å². The maximum Gasteiger partial charge on any atom is 0.297 e. The highest BCUT2D eigenvalue weighted by molar-refractivity contribution is 7.86. The summed E-state index contributed by atoms with van der Waals surface area (Å²) in [6, 6.07) is 14.2. The SMILES string of the molecule is O=S(=O)(OC1COC2C(O)COC12)c1ccc2nc(-c3ccccc3)[nH]c2c1. The van der Waals surface area contributed by atoms with E-state index in [1.165, 1.54) is 12.1 Å². The number of aliphatic hydroxyl groups excluding tert-OH is 1. The van der Waals surface area contributed by atoms with Crippen LogP contribution in [0.2, 0.25) is 0 Å². The third kappa shape index (κ3) is 3.01. The zero-order chi connectivity index (χ0) is 19.3. The summed E-state index contributed by atoms with van der Waals surface area (Å²) in [6.07, 6.45) is -2.70. The Morgan fingerprint density at radius 1 is 1.07 bits per heavy atom. The van der Waals surface area contributed by atoms with Crippen LogP contribution in [0, 0.1) is 0 Å². The largest absolute Gasteiger partial charge is 0.388 e. The minimum Gasteiger partial charge on any atom is -0.388 e.